The molecule has 0 aliphatic rings. The van der Waals surface area contributed by atoms with Gasteiger partial charge in [-0.25, -0.2) is 4.39 Å². The normalized spacial score (nSPS) is 20.3. The summed E-state index contributed by atoms with van der Waals surface area (Å²) in [5.74, 6) is -2.12. The van der Waals surface area contributed by atoms with Crippen molar-refractivity contribution in [3.05, 3.63) is 12.2 Å². The van der Waals surface area contributed by atoms with Gasteiger partial charge in [-0.1, -0.05) is 13.0 Å². The predicted molar refractivity (Wildman–Crippen MR) is 39.9 cm³/mol. The molecule has 0 saturated carbocycles. The van der Waals surface area contributed by atoms with Gasteiger partial charge in [0.2, 0.25) is 5.67 Å². The van der Waals surface area contributed by atoms with E-state index in [9.17, 15) is 30.7 Å². The quantitative estimate of drug-likeness (QED) is 0.503. The zero-order valence-corrected chi connectivity index (χ0v) is 7.88. The van der Waals surface area contributed by atoms with E-state index in [1.54, 1.807) is 0 Å². The molecule has 0 fully saturated rings. The molecule has 0 radical (unpaired) electrons. The zero-order chi connectivity index (χ0) is 12.5. The lowest BCUT2D eigenvalue weighted by Gasteiger charge is -2.20. The highest BCUT2D eigenvalue weighted by molar-refractivity contribution is 5.05. The molecule has 90 valence electrons. The minimum absolute atomic E-state index is 0.120. The van der Waals surface area contributed by atoms with Crippen LogP contribution in [-0.4, -0.2) is 18.0 Å². The maximum Gasteiger partial charge on any atom is 0.425 e. The molecule has 0 heterocycles. The first kappa shape index (κ1) is 14.2. The van der Waals surface area contributed by atoms with Crippen molar-refractivity contribution in [3.8, 4) is 0 Å². The van der Waals surface area contributed by atoms with E-state index in [1.165, 1.54) is 0 Å². The number of halogens is 7. The third-order valence-electron chi connectivity index (χ3n) is 1.77. The molecular formula is C8H9F7. The van der Waals surface area contributed by atoms with Crippen molar-refractivity contribution in [1.82, 2.24) is 0 Å². The third kappa shape index (κ3) is 4.09. The lowest BCUT2D eigenvalue weighted by Crippen LogP contribution is -2.36. The van der Waals surface area contributed by atoms with Gasteiger partial charge in [0, 0.05) is 0 Å². The monoisotopic (exact) mass is 238 g/mol. The van der Waals surface area contributed by atoms with Crippen LogP contribution in [0.4, 0.5) is 30.7 Å². The summed E-state index contributed by atoms with van der Waals surface area (Å²) in [4.78, 5) is 0. The van der Waals surface area contributed by atoms with Crippen molar-refractivity contribution in [2.75, 3.05) is 0 Å². The van der Waals surface area contributed by atoms with Crippen molar-refractivity contribution in [1.29, 1.82) is 0 Å². The molecule has 0 bridgehead atoms. The zero-order valence-electron chi connectivity index (χ0n) is 7.88. The van der Waals surface area contributed by atoms with E-state index < -0.39 is 23.9 Å². The van der Waals surface area contributed by atoms with Crippen LogP contribution in [0.5, 0.6) is 0 Å². The second-order valence-corrected chi connectivity index (χ2v) is 3.26. The van der Waals surface area contributed by atoms with E-state index in [0.717, 1.165) is 0 Å². The number of hydrogen-bond acceptors (Lipinski definition) is 0. The summed E-state index contributed by atoms with van der Waals surface area (Å²) < 4.78 is 84.0. The van der Waals surface area contributed by atoms with Crippen molar-refractivity contribution in [2.45, 2.75) is 31.9 Å². The van der Waals surface area contributed by atoms with Crippen LogP contribution in [-0.2, 0) is 0 Å². The van der Waals surface area contributed by atoms with Crippen molar-refractivity contribution in [3.63, 3.8) is 0 Å². The lowest BCUT2D eigenvalue weighted by molar-refractivity contribution is -0.206. The van der Waals surface area contributed by atoms with Crippen molar-refractivity contribution in [2.24, 2.45) is 5.92 Å². The van der Waals surface area contributed by atoms with Gasteiger partial charge < -0.3 is 0 Å². The highest BCUT2D eigenvalue weighted by atomic mass is 19.4. The summed E-state index contributed by atoms with van der Waals surface area (Å²) in [5, 5.41) is 0. The van der Waals surface area contributed by atoms with Crippen molar-refractivity contribution >= 4 is 0 Å². The fourth-order valence-electron chi connectivity index (χ4n) is 0.529. The van der Waals surface area contributed by atoms with Crippen LogP contribution in [0.3, 0.4) is 0 Å². The van der Waals surface area contributed by atoms with Gasteiger partial charge in [-0.05, 0) is 13.0 Å². The molecule has 0 aromatic rings. The maximum atomic E-state index is 12.8. The van der Waals surface area contributed by atoms with Crippen LogP contribution in [0.15, 0.2) is 12.2 Å². The Kier molecular flexibility index (Phi) is 3.82. The fourth-order valence-corrected chi connectivity index (χ4v) is 0.529. The highest BCUT2D eigenvalue weighted by Crippen LogP contribution is 2.36. The van der Waals surface area contributed by atoms with Gasteiger partial charge in [0.05, 0.1) is 5.92 Å². The molecule has 0 aromatic carbocycles. The number of alkyl halides is 7. The molecule has 2 unspecified atom stereocenters. The summed E-state index contributed by atoms with van der Waals surface area (Å²) in [6, 6.07) is 0. The van der Waals surface area contributed by atoms with E-state index in [4.69, 9.17) is 0 Å². The molecular weight excluding hydrogens is 229 g/mol. The molecule has 0 aliphatic carbocycles. The Morgan fingerprint density at radius 1 is 0.933 bits per heavy atom. The van der Waals surface area contributed by atoms with Crippen molar-refractivity contribution < 1.29 is 30.7 Å². The van der Waals surface area contributed by atoms with Crippen LogP contribution in [0.2, 0.25) is 0 Å². The van der Waals surface area contributed by atoms with Gasteiger partial charge in [-0.2, -0.15) is 26.3 Å². The Balaban J connectivity index is 4.68. The van der Waals surface area contributed by atoms with Crippen LogP contribution in [0.1, 0.15) is 13.8 Å². The average molecular weight is 238 g/mol. The number of hydrogen-bond donors (Lipinski definition) is 0. The minimum atomic E-state index is -5.21. The second kappa shape index (κ2) is 4.02. The van der Waals surface area contributed by atoms with E-state index in [0.29, 0.717) is 6.92 Å². The van der Waals surface area contributed by atoms with Gasteiger partial charge in [0.15, 0.2) is 0 Å². The molecule has 0 aliphatic heterocycles. The summed E-state index contributed by atoms with van der Waals surface area (Å²) in [5.41, 5.74) is -3.74. The third-order valence-corrected chi connectivity index (χ3v) is 1.77. The fraction of sp³-hybridized carbons (Fsp3) is 0.750. The van der Waals surface area contributed by atoms with Crippen LogP contribution >= 0.6 is 0 Å². The molecule has 2 atom stereocenters. The minimum Gasteiger partial charge on any atom is -0.230 e. The first-order valence-electron chi connectivity index (χ1n) is 3.89. The molecule has 15 heavy (non-hydrogen) atoms. The Morgan fingerprint density at radius 3 is 1.60 bits per heavy atom. The van der Waals surface area contributed by atoms with Crippen LogP contribution < -0.4 is 0 Å². The van der Waals surface area contributed by atoms with Gasteiger partial charge in [-0.15, -0.1) is 0 Å². The molecule has 0 nitrogen and oxygen atoms in total. The topological polar surface area (TPSA) is 0 Å². The Hall–Kier alpha value is -0.750. The molecule has 0 N–H and O–H groups in total. The maximum absolute atomic E-state index is 12.8. The first-order valence-corrected chi connectivity index (χ1v) is 3.89. The standard InChI is InChI=1S/C8H9F7/c1-5(7(10,11)12)3-4-6(2,9)8(13,14)15/h3-5H,1-2H3/b4-3+. The largest absolute Gasteiger partial charge is 0.425 e. The van der Waals surface area contributed by atoms with E-state index in [-0.39, 0.29) is 19.1 Å². The van der Waals surface area contributed by atoms with E-state index >= 15 is 0 Å². The molecule has 7 heteroatoms. The van der Waals surface area contributed by atoms with Crippen LogP contribution in [0, 0.1) is 5.92 Å². The smallest absolute Gasteiger partial charge is 0.230 e. The Bertz CT molecular complexity index is 232. The summed E-state index contributed by atoms with van der Waals surface area (Å²) in [6.45, 7) is 0.801. The second-order valence-electron chi connectivity index (χ2n) is 3.26. The Morgan fingerprint density at radius 2 is 1.33 bits per heavy atom. The average Bonchev–Trinajstić information content (AvgIpc) is 1.96. The molecule has 0 saturated heterocycles. The van der Waals surface area contributed by atoms with Gasteiger partial charge in [0.1, 0.15) is 0 Å². The van der Waals surface area contributed by atoms with E-state index in [2.05, 4.69) is 0 Å². The van der Waals surface area contributed by atoms with Gasteiger partial charge in [0.25, 0.3) is 0 Å². The lowest BCUT2D eigenvalue weighted by atomic mass is 10.0. The number of allylic oxidation sites excluding steroid dienone is 2. The summed E-state index contributed by atoms with van der Waals surface area (Å²) in [7, 11) is 0. The first-order chi connectivity index (χ1) is 6.38. The Labute approximate surface area is 81.8 Å². The SMILES string of the molecule is CC(/C=C/C(C)(F)C(F)(F)F)C(F)(F)F. The van der Waals surface area contributed by atoms with Crippen LogP contribution in [0.25, 0.3) is 0 Å². The summed E-state index contributed by atoms with van der Waals surface area (Å²) in [6.07, 6.45) is -9.84. The molecule has 0 aromatic heterocycles. The highest BCUT2D eigenvalue weighted by Gasteiger charge is 2.50. The van der Waals surface area contributed by atoms with Gasteiger partial charge >= 0.3 is 12.4 Å². The van der Waals surface area contributed by atoms with E-state index in [1.807, 2.05) is 0 Å². The molecule has 0 amide bonds. The number of rotatable bonds is 2. The molecule has 0 spiro atoms. The predicted octanol–water partition coefficient (Wildman–Crippen LogP) is 4.03. The molecule has 0 rings (SSSR count). The van der Waals surface area contributed by atoms with Gasteiger partial charge in [-0.3, -0.25) is 0 Å². The summed E-state index contributed by atoms with van der Waals surface area (Å²) >= 11 is 0.